The molecule has 1 aliphatic rings. The Kier molecular flexibility index (Phi) is 3.67. The summed E-state index contributed by atoms with van der Waals surface area (Å²) in [5, 5.41) is 0. The molecule has 0 amide bonds. The zero-order chi connectivity index (χ0) is 14.9. The molecule has 0 aliphatic heterocycles. The molecule has 0 spiro atoms. The van der Waals surface area contributed by atoms with Crippen molar-refractivity contribution in [2.75, 3.05) is 0 Å². The predicted molar refractivity (Wildman–Crippen MR) is 86.9 cm³/mol. The number of carbonyl (C=O) groups is 1. The Morgan fingerprint density at radius 2 is 1.19 bits per heavy atom. The minimum absolute atomic E-state index is 0.00456. The maximum absolute atomic E-state index is 12.8. The number of hydrogen-bond acceptors (Lipinski definition) is 1. The monoisotopic (exact) mass is 278 g/mol. The Morgan fingerprint density at radius 3 is 1.62 bits per heavy atom. The van der Waals surface area contributed by atoms with Crippen molar-refractivity contribution in [3.05, 3.63) is 70.8 Å². The van der Waals surface area contributed by atoms with Crippen LogP contribution in [-0.4, -0.2) is 5.78 Å². The molecule has 0 saturated heterocycles. The van der Waals surface area contributed by atoms with Crippen molar-refractivity contribution in [3.8, 4) is 0 Å². The van der Waals surface area contributed by atoms with Gasteiger partial charge in [0, 0.05) is 16.5 Å². The lowest BCUT2D eigenvalue weighted by Gasteiger charge is -2.40. The van der Waals surface area contributed by atoms with Gasteiger partial charge in [-0.25, -0.2) is 0 Å². The van der Waals surface area contributed by atoms with Gasteiger partial charge in [-0.15, -0.1) is 0 Å². The number of fused-ring (bicyclic) bond motifs is 2. The lowest BCUT2D eigenvalue weighted by Crippen LogP contribution is -2.35. The topological polar surface area (TPSA) is 17.1 Å². The van der Waals surface area contributed by atoms with Crippen LogP contribution in [0.5, 0.6) is 0 Å². The van der Waals surface area contributed by atoms with Gasteiger partial charge in [-0.1, -0.05) is 75.2 Å². The van der Waals surface area contributed by atoms with E-state index in [0.717, 1.165) is 36.8 Å². The molecule has 0 heterocycles. The van der Waals surface area contributed by atoms with Gasteiger partial charge < -0.3 is 0 Å². The van der Waals surface area contributed by atoms with Crippen LogP contribution in [0.25, 0.3) is 0 Å². The number of ketones is 1. The van der Waals surface area contributed by atoms with Crippen LogP contribution in [0.2, 0.25) is 0 Å². The van der Waals surface area contributed by atoms with E-state index in [4.69, 9.17) is 0 Å². The quantitative estimate of drug-likeness (QED) is 0.759. The van der Waals surface area contributed by atoms with Gasteiger partial charge in [0.1, 0.15) is 0 Å². The summed E-state index contributed by atoms with van der Waals surface area (Å²) in [7, 11) is 0. The highest BCUT2D eigenvalue weighted by Gasteiger charge is 2.41. The van der Waals surface area contributed by atoms with Crippen LogP contribution in [0.15, 0.2) is 48.5 Å². The van der Waals surface area contributed by atoms with Gasteiger partial charge >= 0.3 is 0 Å². The normalized spacial score (nSPS) is 15.4. The average molecular weight is 278 g/mol. The number of hydrogen-bond donors (Lipinski definition) is 0. The SMILES string of the molecule is CCCC1(CCC)c2ccccc2C(=O)c2ccccc21. The van der Waals surface area contributed by atoms with Crippen LogP contribution in [0.3, 0.4) is 0 Å². The van der Waals surface area contributed by atoms with Gasteiger partial charge in [-0.2, -0.15) is 0 Å². The van der Waals surface area contributed by atoms with Gasteiger partial charge in [-0.3, -0.25) is 4.79 Å². The Balaban J connectivity index is 2.33. The van der Waals surface area contributed by atoms with Crippen molar-refractivity contribution in [2.45, 2.75) is 44.9 Å². The second kappa shape index (κ2) is 5.48. The highest BCUT2D eigenvalue weighted by Crippen LogP contribution is 2.47. The van der Waals surface area contributed by atoms with Crippen molar-refractivity contribution < 1.29 is 4.79 Å². The highest BCUT2D eigenvalue weighted by molar-refractivity contribution is 6.13. The lowest BCUT2D eigenvalue weighted by atomic mass is 9.62. The second-order valence-corrected chi connectivity index (χ2v) is 6.00. The fraction of sp³-hybridized carbons (Fsp3) is 0.350. The van der Waals surface area contributed by atoms with Crippen LogP contribution in [0.1, 0.15) is 66.6 Å². The molecule has 0 atom stereocenters. The second-order valence-electron chi connectivity index (χ2n) is 6.00. The Hall–Kier alpha value is -1.89. The first-order valence-corrected chi connectivity index (χ1v) is 7.98. The highest BCUT2D eigenvalue weighted by atomic mass is 16.1. The van der Waals surface area contributed by atoms with Crippen molar-refractivity contribution in [3.63, 3.8) is 0 Å². The first kappa shape index (κ1) is 14.1. The summed E-state index contributed by atoms with van der Waals surface area (Å²) in [4.78, 5) is 12.8. The molecule has 21 heavy (non-hydrogen) atoms. The molecule has 108 valence electrons. The smallest absolute Gasteiger partial charge is 0.193 e. The van der Waals surface area contributed by atoms with Crippen LogP contribution < -0.4 is 0 Å². The molecule has 2 aromatic rings. The van der Waals surface area contributed by atoms with Crippen LogP contribution in [0.4, 0.5) is 0 Å². The summed E-state index contributed by atoms with van der Waals surface area (Å²) in [5.41, 5.74) is 4.27. The number of rotatable bonds is 4. The molecular weight excluding hydrogens is 256 g/mol. The fourth-order valence-corrected chi connectivity index (χ4v) is 4.00. The van der Waals surface area contributed by atoms with E-state index < -0.39 is 0 Å². The molecule has 0 N–H and O–H groups in total. The minimum atomic E-state index is 0.00456. The van der Waals surface area contributed by atoms with Crippen LogP contribution >= 0.6 is 0 Å². The van der Waals surface area contributed by atoms with Gasteiger partial charge in [0.2, 0.25) is 0 Å². The van der Waals surface area contributed by atoms with Gasteiger partial charge in [0.25, 0.3) is 0 Å². The molecule has 1 nitrogen and oxygen atoms in total. The Bertz CT molecular complexity index is 612. The van der Waals surface area contributed by atoms with E-state index in [2.05, 4.69) is 38.1 Å². The molecule has 2 aromatic carbocycles. The summed E-state index contributed by atoms with van der Waals surface area (Å²) in [6, 6.07) is 16.4. The maximum atomic E-state index is 12.8. The summed E-state index contributed by atoms with van der Waals surface area (Å²) < 4.78 is 0. The largest absolute Gasteiger partial charge is 0.289 e. The van der Waals surface area contributed by atoms with E-state index in [-0.39, 0.29) is 11.2 Å². The molecular formula is C20H22O. The third-order valence-corrected chi connectivity index (χ3v) is 4.73. The molecule has 0 unspecified atom stereocenters. The van der Waals surface area contributed by atoms with Crippen molar-refractivity contribution in [1.29, 1.82) is 0 Å². The number of benzene rings is 2. The molecule has 0 aromatic heterocycles. The molecule has 1 heteroatoms. The van der Waals surface area contributed by atoms with Gasteiger partial charge in [0.15, 0.2) is 5.78 Å². The van der Waals surface area contributed by atoms with Crippen molar-refractivity contribution >= 4 is 5.78 Å². The van der Waals surface area contributed by atoms with Crippen molar-refractivity contribution in [1.82, 2.24) is 0 Å². The minimum Gasteiger partial charge on any atom is -0.289 e. The fourth-order valence-electron chi connectivity index (χ4n) is 4.00. The zero-order valence-corrected chi connectivity index (χ0v) is 12.9. The van der Waals surface area contributed by atoms with E-state index in [1.807, 2.05) is 24.3 Å². The lowest BCUT2D eigenvalue weighted by molar-refractivity contribution is 0.102. The van der Waals surface area contributed by atoms with Crippen molar-refractivity contribution in [2.24, 2.45) is 0 Å². The van der Waals surface area contributed by atoms with Gasteiger partial charge in [0.05, 0.1) is 0 Å². The summed E-state index contributed by atoms with van der Waals surface area (Å²) in [6.07, 6.45) is 4.44. The molecule has 0 saturated carbocycles. The Morgan fingerprint density at radius 1 is 0.762 bits per heavy atom. The molecule has 1 aliphatic carbocycles. The first-order valence-electron chi connectivity index (χ1n) is 7.98. The molecule has 0 bridgehead atoms. The standard InChI is InChI=1S/C20H22O/c1-3-13-20(14-4-2)17-11-7-5-9-15(17)19(21)16-10-6-8-12-18(16)20/h5-12H,3-4,13-14H2,1-2H3. The summed E-state index contributed by atoms with van der Waals surface area (Å²) in [6.45, 7) is 4.47. The summed E-state index contributed by atoms with van der Waals surface area (Å²) in [5.74, 6) is 0.184. The van der Waals surface area contributed by atoms with E-state index in [1.54, 1.807) is 0 Å². The molecule has 0 radical (unpaired) electrons. The number of carbonyl (C=O) groups excluding carboxylic acids is 1. The maximum Gasteiger partial charge on any atom is 0.193 e. The van der Waals surface area contributed by atoms with Crippen LogP contribution in [0, 0.1) is 0 Å². The third kappa shape index (κ3) is 2.03. The van der Waals surface area contributed by atoms with Crippen LogP contribution in [-0.2, 0) is 5.41 Å². The van der Waals surface area contributed by atoms with E-state index in [1.165, 1.54) is 11.1 Å². The third-order valence-electron chi connectivity index (χ3n) is 4.73. The first-order chi connectivity index (χ1) is 10.2. The summed E-state index contributed by atoms with van der Waals surface area (Å²) >= 11 is 0. The Labute approximate surface area is 127 Å². The van der Waals surface area contributed by atoms with E-state index >= 15 is 0 Å². The molecule has 0 fully saturated rings. The molecule has 3 rings (SSSR count). The zero-order valence-electron chi connectivity index (χ0n) is 12.9. The van der Waals surface area contributed by atoms with E-state index in [9.17, 15) is 4.79 Å². The van der Waals surface area contributed by atoms with E-state index in [0.29, 0.717) is 0 Å². The average Bonchev–Trinajstić information content (AvgIpc) is 2.53. The van der Waals surface area contributed by atoms with Gasteiger partial charge in [-0.05, 0) is 24.0 Å². The predicted octanol–water partition coefficient (Wildman–Crippen LogP) is 5.12.